The van der Waals surface area contributed by atoms with Crippen LogP contribution >= 0.6 is 15.9 Å². The van der Waals surface area contributed by atoms with Gasteiger partial charge in [-0.3, -0.25) is 4.79 Å². The largest absolute Gasteiger partial charge is 0.467 e. The highest BCUT2D eigenvalue weighted by Gasteiger charge is 2.06. The van der Waals surface area contributed by atoms with Crippen LogP contribution < -0.4 is 10.6 Å². The number of hydrogen-bond donors (Lipinski definition) is 2. The molecule has 0 spiro atoms. The third-order valence-electron chi connectivity index (χ3n) is 3.25. The van der Waals surface area contributed by atoms with Crippen molar-refractivity contribution in [1.82, 2.24) is 15.5 Å². The predicted octanol–water partition coefficient (Wildman–Crippen LogP) is 2.37. The topological polar surface area (TPSA) is 69.9 Å². The van der Waals surface area contributed by atoms with Crippen molar-refractivity contribution < 1.29 is 9.21 Å². The zero-order valence-corrected chi connectivity index (χ0v) is 15.3. The number of carbonyl (C=O) groups excluding carboxylic acids is 1. The molecule has 1 amide bonds. The second kappa shape index (κ2) is 9.12. The van der Waals surface area contributed by atoms with Crippen LogP contribution in [0.2, 0.25) is 0 Å². The fourth-order valence-corrected chi connectivity index (χ4v) is 2.10. The number of rotatable bonds is 6. The molecule has 0 aliphatic heterocycles. The SMILES string of the molecule is CN(C)C(=O)CNC(=NCc1ccc(Br)cc1)NCc1ccco1. The van der Waals surface area contributed by atoms with E-state index in [4.69, 9.17) is 4.42 Å². The second-order valence-corrected chi connectivity index (χ2v) is 6.28. The average molecular weight is 393 g/mol. The molecule has 0 aliphatic carbocycles. The summed E-state index contributed by atoms with van der Waals surface area (Å²) in [4.78, 5) is 17.8. The molecule has 1 aromatic heterocycles. The third-order valence-corrected chi connectivity index (χ3v) is 3.78. The quantitative estimate of drug-likeness (QED) is 0.584. The van der Waals surface area contributed by atoms with Crippen molar-refractivity contribution in [1.29, 1.82) is 0 Å². The monoisotopic (exact) mass is 392 g/mol. The van der Waals surface area contributed by atoms with E-state index in [0.717, 1.165) is 15.8 Å². The van der Waals surface area contributed by atoms with Gasteiger partial charge in [0.2, 0.25) is 5.91 Å². The maximum absolute atomic E-state index is 11.7. The number of carbonyl (C=O) groups is 1. The minimum absolute atomic E-state index is 0.0221. The Morgan fingerprint density at radius 1 is 1.21 bits per heavy atom. The molecule has 7 heteroatoms. The number of halogens is 1. The van der Waals surface area contributed by atoms with Crippen LogP contribution in [-0.2, 0) is 17.9 Å². The average Bonchev–Trinajstić information content (AvgIpc) is 3.08. The Hall–Kier alpha value is -2.28. The molecular weight excluding hydrogens is 372 g/mol. The van der Waals surface area contributed by atoms with E-state index in [1.807, 2.05) is 36.4 Å². The number of amides is 1. The van der Waals surface area contributed by atoms with E-state index in [2.05, 4.69) is 31.6 Å². The number of aliphatic imine (C=N–C) groups is 1. The normalized spacial score (nSPS) is 11.2. The van der Waals surface area contributed by atoms with Gasteiger partial charge in [-0.15, -0.1) is 0 Å². The van der Waals surface area contributed by atoms with Crippen LogP contribution in [-0.4, -0.2) is 37.4 Å². The zero-order valence-electron chi connectivity index (χ0n) is 13.8. The minimum Gasteiger partial charge on any atom is -0.467 e. The molecule has 24 heavy (non-hydrogen) atoms. The van der Waals surface area contributed by atoms with Crippen molar-refractivity contribution in [3.63, 3.8) is 0 Å². The molecule has 0 unspecified atom stereocenters. The lowest BCUT2D eigenvalue weighted by molar-refractivity contribution is -0.127. The fraction of sp³-hybridized carbons (Fsp3) is 0.294. The number of nitrogens with zero attached hydrogens (tertiary/aromatic N) is 2. The van der Waals surface area contributed by atoms with E-state index in [0.29, 0.717) is 19.0 Å². The summed E-state index contributed by atoms with van der Waals surface area (Å²) in [7, 11) is 3.44. The number of hydrogen-bond acceptors (Lipinski definition) is 3. The van der Waals surface area contributed by atoms with Crippen LogP contribution in [0.1, 0.15) is 11.3 Å². The van der Waals surface area contributed by atoms with Crippen LogP contribution in [0.4, 0.5) is 0 Å². The van der Waals surface area contributed by atoms with Crippen molar-refractivity contribution >= 4 is 27.8 Å². The molecule has 6 nitrogen and oxygen atoms in total. The summed E-state index contributed by atoms with van der Waals surface area (Å²) in [5, 5.41) is 6.20. The van der Waals surface area contributed by atoms with Crippen LogP contribution in [0.25, 0.3) is 0 Å². The molecule has 1 aromatic carbocycles. The van der Waals surface area contributed by atoms with Crippen LogP contribution in [0.15, 0.2) is 56.5 Å². The van der Waals surface area contributed by atoms with Crippen LogP contribution in [0.3, 0.4) is 0 Å². The molecule has 0 saturated carbocycles. The van der Waals surface area contributed by atoms with Gasteiger partial charge in [0.05, 0.1) is 25.9 Å². The van der Waals surface area contributed by atoms with Gasteiger partial charge in [0.1, 0.15) is 5.76 Å². The summed E-state index contributed by atoms with van der Waals surface area (Å²) in [6.07, 6.45) is 1.62. The lowest BCUT2D eigenvalue weighted by Crippen LogP contribution is -2.42. The molecule has 128 valence electrons. The van der Waals surface area contributed by atoms with Gasteiger partial charge in [0.15, 0.2) is 5.96 Å². The Morgan fingerprint density at radius 2 is 1.96 bits per heavy atom. The molecule has 1 heterocycles. The summed E-state index contributed by atoms with van der Waals surface area (Å²) in [5.41, 5.74) is 1.08. The lowest BCUT2D eigenvalue weighted by Gasteiger charge is -2.14. The maximum Gasteiger partial charge on any atom is 0.241 e. The van der Waals surface area contributed by atoms with Crippen molar-refractivity contribution in [2.75, 3.05) is 20.6 Å². The molecule has 0 saturated heterocycles. The van der Waals surface area contributed by atoms with Crippen LogP contribution in [0.5, 0.6) is 0 Å². The highest BCUT2D eigenvalue weighted by Crippen LogP contribution is 2.11. The summed E-state index contributed by atoms with van der Waals surface area (Å²) in [6.45, 7) is 1.18. The smallest absolute Gasteiger partial charge is 0.241 e. The van der Waals surface area contributed by atoms with Gasteiger partial charge < -0.3 is 20.0 Å². The molecule has 2 N–H and O–H groups in total. The van der Waals surface area contributed by atoms with Gasteiger partial charge in [-0.2, -0.15) is 0 Å². The van der Waals surface area contributed by atoms with Gasteiger partial charge >= 0.3 is 0 Å². The summed E-state index contributed by atoms with van der Waals surface area (Å²) < 4.78 is 6.33. The highest BCUT2D eigenvalue weighted by atomic mass is 79.9. The standard InChI is InChI=1S/C17H21BrN4O2/c1-22(2)16(23)12-21-17(20-11-15-4-3-9-24-15)19-10-13-5-7-14(18)8-6-13/h3-9H,10-12H2,1-2H3,(H2,19,20,21). The number of furan rings is 1. The molecule has 0 radical (unpaired) electrons. The highest BCUT2D eigenvalue weighted by molar-refractivity contribution is 9.10. The van der Waals surface area contributed by atoms with E-state index in [-0.39, 0.29) is 12.5 Å². The Bertz CT molecular complexity index is 666. The second-order valence-electron chi connectivity index (χ2n) is 5.37. The van der Waals surface area contributed by atoms with Gasteiger partial charge in [0.25, 0.3) is 0 Å². The molecular formula is C17H21BrN4O2. The van der Waals surface area contributed by atoms with E-state index in [1.54, 1.807) is 20.4 Å². The van der Waals surface area contributed by atoms with Crippen molar-refractivity contribution in [3.8, 4) is 0 Å². The Labute approximate surface area is 150 Å². The van der Waals surface area contributed by atoms with Gasteiger partial charge in [-0.05, 0) is 29.8 Å². The van der Waals surface area contributed by atoms with E-state index in [9.17, 15) is 4.79 Å². The third kappa shape index (κ3) is 6.08. The first kappa shape index (κ1) is 18.1. The maximum atomic E-state index is 11.7. The van der Waals surface area contributed by atoms with Crippen molar-refractivity contribution in [3.05, 3.63) is 58.5 Å². The Kier molecular flexibility index (Phi) is 6.87. The molecule has 0 fully saturated rings. The van der Waals surface area contributed by atoms with Gasteiger partial charge in [-0.25, -0.2) is 4.99 Å². The predicted molar refractivity (Wildman–Crippen MR) is 97.5 cm³/mol. The number of guanidine groups is 1. The molecule has 0 bridgehead atoms. The summed E-state index contributed by atoms with van der Waals surface area (Å²) in [6, 6.07) is 11.7. The lowest BCUT2D eigenvalue weighted by atomic mass is 10.2. The fourth-order valence-electron chi connectivity index (χ4n) is 1.84. The number of nitrogens with one attached hydrogen (secondary N) is 2. The first-order valence-electron chi connectivity index (χ1n) is 7.54. The van der Waals surface area contributed by atoms with Gasteiger partial charge in [-0.1, -0.05) is 28.1 Å². The first-order chi connectivity index (χ1) is 11.5. The van der Waals surface area contributed by atoms with Crippen LogP contribution in [0, 0.1) is 0 Å². The first-order valence-corrected chi connectivity index (χ1v) is 8.33. The molecule has 2 aromatic rings. The molecule has 2 rings (SSSR count). The summed E-state index contributed by atoms with van der Waals surface area (Å²) in [5.74, 6) is 1.34. The van der Waals surface area contributed by atoms with Gasteiger partial charge in [0, 0.05) is 18.6 Å². The zero-order chi connectivity index (χ0) is 17.4. The van der Waals surface area contributed by atoms with E-state index < -0.39 is 0 Å². The van der Waals surface area contributed by atoms with Crippen molar-refractivity contribution in [2.24, 2.45) is 4.99 Å². The van der Waals surface area contributed by atoms with E-state index in [1.165, 1.54) is 4.90 Å². The Morgan fingerprint density at radius 3 is 2.58 bits per heavy atom. The molecule has 0 aliphatic rings. The van der Waals surface area contributed by atoms with E-state index >= 15 is 0 Å². The van der Waals surface area contributed by atoms with Crippen molar-refractivity contribution in [2.45, 2.75) is 13.1 Å². The minimum atomic E-state index is -0.0221. The number of likely N-dealkylation sites (N-methyl/N-ethyl adjacent to an activating group) is 1. The number of benzene rings is 1. The molecule has 0 atom stereocenters. The summed E-state index contributed by atoms with van der Waals surface area (Å²) >= 11 is 3.41. The Balaban J connectivity index is 1.98.